The van der Waals surface area contributed by atoms with E-state index in [1.165, 1.54) is 10.9 Å². The van der Waals surface area contributed by atoms with Crippen LogP contribution in [0.25, 0.3) is 0 Å². The number of nitrogen functional groups attached to an aromatic ring is 1. The molecule has 0 radical (unpaired) electrons. The molecule has 1 rings (SSSR count). The maximum atomic E-state index is 11.7. The molecule has 100 valence electrons. The SMILES string of the molecule is CCC(CC)NC(=O)Cn1cc(N)c(C(=O)O)n1. The topological polar surface area (TPSA) is 110 Å². The van der Waals surface area contributed by atoms with E-state index in [0.717, 1.165) is 12.8 Å². The summed E-state index contributed by atoms with van der Waals surface area (Å²) in [5, 5.41) is 15.4. The highest BCUT2D eigenvalue weighted by atomic mass is 16.4. The van der Waals surface area contributed by atoms with Gasteiger partial charge in [0.1, 0.15) is 6.54 Å². The zero-order valence-corrected chi connectivity index (χ0v) is 10.5. The van der Waals surface area contributed by atoms with Crippen molar-refractivity contribution in [1.82, 2.24) is 15.1 Å². The lowest BCUT2D eigenvalue weighted by Crippen LogP contribution is -2.36. The van der Waals surface area contributed by atoms with E-state index >= 15 is 0 Å². The fourth-order valence-electron chi connectivity index (χ4n) is 1.60. The normalized spacial score (nSPS) is 10.6. The summed E-state index contributed by atoms with van der Waals surface area (Å²) in [5.41, 5.74) is 5.30. The second-order valence-electron chi connectivity index (χ2n) is 4.02. The van der Waals surface area contributed by atoms with E-state index in [4.69, 9.17) is 10.8 Å². The van der Waals surface area contributed by atoms with Crippen molar-refractivity contribution >= 4 is 17.6 Å². The number of aromatic nitrogens is 2. The van der Waals surface area contributed by atoms with E-state index in [1.807, 2.05) is 13.8 Å². The average molecular weight is 254 g/mol. The maximum absolute atomic E-state index is 11.7. The number of nitrogens with two attached hydrogens (primary N) is 1. The number of carboxylic acid groups (broad SMARTS) is 1. The Labute approximate surface area is 105 Å². The molecule has 0 unspecified atom stereocenters. The largest absolute Gasteiger partial charge is 0.476 e. The smallest absolute Gasteiger partial charge is 0.358 e. The molecule has 0 saturated carbocycles. The Bertz CT molecular complexity index is 437. The number of nitrogens with zero attached hydrogens (tertiary/aromatic N) is 2. The molecule has 1 aromatic rings. The van der Waals surface area contributed by atoms with Gasteiger partial charge < -0.3 is 16.2 Å². The summed E-state index contributed by atoms with van der Waals surface area (Å²) in [6.07, 6.45) is 3.05. The molecule has 1 heterocycles. The van der Waals surface area contributed by atoms with E-state index in [1.54, 1.807) is 0 Å². The molecule has 0 aromatic carbocycles. The van der Waals surface area contributed by atoms with Crippen molar-refractivity contribution in [1.29, 1.82) is 0 Å². The minimum absolute atomic E-state index is 0.0338. The van der Waals surface area contributed by atoms with Crippen LogP contribution >= 0.6 is 0 Å². The van der Waals surface area contributed by atoms with Gasteiger partial charge in [0, 0.05) is 12.2 Å². The number of aromatic carboxylic acids is 1. The number of anilines is 1. The third-order valence-corrected chi connectivity index (χ3v) is 2.65. The Balaban J connectivity index is 2.65. The first-order chi connectivity index (χ1) is 8.47. The van der Waals surface area contributed by atoms with Crippen LogP contribution in [0.15, 0.2) is 6.20 Å². The third kappa shape index (κ3) is 3.47. The van der Waals surface area contributed by atoms with E-state index in [0.29, 0.717) is 0 Å². The lowest BCUT2D eigenvalue weighted by molar-refractivity contribution is -0.122. The number of hydrogen-bond acceptors (Lipinski definition) is 4. The predicted octanol–water partition coefficient (Wildman–Crippen LogP) is 0.468. The van der Waals surface area contributed by atoms with Gasteiger partial charge in [0.25, 0.3) is 0 Å². The molecule has 0 atom stereocenters. The summed E-state index contributed by atoms with van der Waals surface area (Å²) in [4.78, 5) is 22.4. The van der Waals surface area contributed by atoms with Crippen LogP contribution in [0.3, 0.4) is 0 Å². The van der Waals surface area contributed by atoms with Crippen LogP contribution < -0.4 is 11.1 Å². The van der Waals surface area contributed by atoms with Crippen molar-refractivity contribution in [2.24, 2.45) is 0 Å². The molecular formula is C11H18N4O3. The third-order valence-electron chi connectivity index (χ3n) is 2.65. The summed E-state index contributed by atoms with van der Waals surface area (Å²) in [5.74, 6) is -1.41. The number of hydrogen-bond donors (Lipinski definition) is 3. The van der Waals surface area contributed by atoms with Gasteiger partial charge in [-0.1, -0.05) is 13.8 Å². The molecule has 0 aliphatic heterocycles. The average Bonchev–Trinajstić information content (AvgIpc) is 2.67. The number of rotatable bonds is 6. The minimum atomic E-state index is -1.20. The maximum Gasteiger partial charge on any atom is 0.358 e. The van der Waals surface area contributed by atoms with Gasteiger partial charge in [-0.2, -0.15) is 5.10 Å². The predicted molar refractivity (Wildman–Crippen MR) is 66.1 cm³/mol. The first kappa shape index (κ1) is 14.0. The van der Waals surface area contributed by atoms with Gasteiger partial charge in [0.05, 0.1) is 5.69 Å². The molecule has 0 spiro atoms. The Morgan fingerprint density at radius 2 is 2.11 bits per heavy atom. The monoisotopic (exact) mass is 254 g/mol. The molecule has 0 fully saturated rings. The summed E-state index contributed by atoms with van der Waals surface area (Å²) < 4.78 is 1.23. The van der Waals surface area contributed by atoms with Crippen LogP contribution in [-0.4, -0.2) is 32.8 Å². The van der Waals surface area contributed by atoms with Crippen molar-refractivity contribution in [2.75, 3.05) is 5.73 Å². The fraction of sp³-hybridized carbons (Fsp3) is 0.545. The number of amides is 1. The molecular weight excluding hydrogens is 236 g/mol. The highest BCUT2D eigenvalue weighted by Crippen LogP contribution is 2.08. The number of nitrogens with one attached hydrogen (secondary N) is 1. The van der Waals surface area contributed by atoms with Gasteiger partial charge in [0.2, 0.25) is 5.91 Å². The van der Waals surface area contributed by atoms with Crippen molar-refractivity contribution in [3.63, 3.8) is 0 Å². The molecule has 7 nitrogen and oxygen atoms in total. The molecule has 7 heteroatoms. The summed E-state index contributed by atoms with van der Waals surface area (Å²) in [7, 11) is 0. The van der Waals surface area contributed by atoms with Crippen LogP contribution in [0.4, 0.5) is 5.69 Å². The second-order valence-corrected chi connectivity index (χ2v) is 4.02. The van der Waals surface area contributed by atoms with Crippen LogP contribution in [0, 0.1) is 0 Å². The molecule has 0 aliphatic carbocycles. The number of carbonyl (C=O) groups is 2. The highest BCUT2D eigenvalue weighted by molar-refractivity contribution is 5.91. The lowest BCUT2D eigenvalue weighted by Gasteiger charge is -2.14. The van der Waals surface area contributed by atoms with Gasteiger partial charge in [-0.15, -0.1) is 0 Å². The molecule has 18 heavy (non-hydrogen) atoms. The van der Waals surface area contributed by atoms with Gasteiger partial charge in [-0.25, -0.2) is 4.79 Å². The van der Waals surface area contributed by atoms with Crippen molar-refractivity contribution in [3.8, 4) is 0 Å². The molecule has 0 bridgehead atoms. The van der Waals surface area contributed by atoms with E-state index in [9.17, 15) is 9.59 Å². The molecule has 0 aliphatic rings. The highest BCUT2D eigenvalue weighted by Gasteiger charge is 2.15. The quantitative estimate of drug-likeness (QED) is 0.683. The number of carbonyl (C=O) groups excluding carboxylic acids is 1. The van der Waals surface area contributed by atoms with Gasteiger partial charge in [0.15, 0.2) is 5.69 Å². The van der Waals surface area contributed by atoms with Crippen LogP contribution in [0.1, 0.15) is 37.2 Å². The van der Waals surface area contributed by atoms with Crippen molar-refractivity contribution in [2.45, 2.75) is 39.3 Å². The molecule has 0 saturated heterocycles. The molecule has 1 aromatic heterocycles. The summed E-state index contributed by atoms with van der Waals surface area (Å²) in [6, 6.07) is 0.129. The standard InChI is InChI=1S/C11H18N4O3/c1-3-7(4-2)13-9(16)6-15-5-8(12)10(14-15)11(17)18/h5,7H,3-4,6,12H2,1-2H3,(H,13,16)(H,17,18). The molecule has 4 N–H and O–H groups in total. The van der Waals surface area contributed by atoms with E-state index in [-0.39, 0.29) is 29.9 Å². The minimum Gasteiger partial charge on any atom is -0.476 e. The summed E-state index contributed by atoms with van der Waals surface area (Å²) in [6.45, 7) is 3.94. The first-order valence-corrected chi connectivity index (χ1v) is 5.83. The zero-order chi connectivity index (χ0) is 13.7. The number of carboxylic acids is 1. The van der Waals surface area contributed by atoms with E-state index < -0.39 is 5.97 Å². The van der Waals surface area contributed by atoms with Gasteiger partial charge in [-0.05, 0) is 12.8 Å². The van der Waals surface area contributed by atoms with Gasteiger partial charge >= 0.3 is 5.97 Å². The Morgan fingerprint density at radius 1 is 1.50 bits per heavy atom. The van der Waals surface area contributed by atoms with E-state index in [2.05, 4.69) is 10.4 Å². The summed E-state index contributed by atoms with van der Waals surface area (Å²) >= 11 is 0. The Kier molecular flexibility index (Phi) is 4.70. The Hall–Kier alpha value is -2.05. The van der Waals surface area contributed by atoms with Crippen LogP contribution in [-0.2, 0) is 11.3 Å². The van der Waals surface area contributed by atoms with Crippen LogP contribution in [0.2, 0.25) is 0 Å². The molecule has 1 amide bonds. The Morgan fingerprint density at radius 3 is 2.56 bits per heavy atom. The zero-order valence-electron chi connectivity index (χ0n) is 10.5. The first-order valence-electron chi connectivity index (χ1n) is 5.83. The lowest BCUT2D eigenvalue weighted by atomic mass is 10.2. The van der Waals surface area contributed by atoms with Crippen molar-refractivity contribution < 1.29 is 14.7 Å². The van der Waals surface area contributed by atoms with Crippen LogP contribution in [0.5, 0.6) is 0 Å². The second kappa shape index (κ2) is 6.04. The fourth-order valence-corrected chi connectivity index (χ4v) is 1.60. The van der Waals surface area contributed by atoms with Crippen molar-refractivity contribution in [3.05, 3.63) is 11.9 Å². The van der Waals surface area contributed by atoms with Gasteiger partial charge in [-0.3, -0.25) is 9.48 Å².